The SMILES string of the molecule is c1ccc(P2(c3ccccc3)(c3ccccc3)OC[C@H]3C[C@H]32)cc1. The fourth-order valence-corrected chi connectivity index (χ4v) is 11.8. The van der Waals surface area contributed by atoms with E-state index in [-0.39, 0.29) is 0 Å². The van der Waals surface area contributed by atoms with Gasteiger partial charge >= 0.3 is 143 Å². The topological polar surface area (TPSA) is 9.23 Å². The van der Waals surface area contributed by atoms with Crippen molar-refractivity contribution < 1.29 is 4.52 Å². The molecule has 120 valence electrons. The van der Waals surface area contributed by atoms with E-state index >= 15 is 0 Å². The number of fused-ring (bicyclic) bond motifs is 1. The third-order valence-electron chi connectivity index (χ3n) is 5.88. The maximum absolute atomic E-state index is 6.98. The van der Waals surface area contributed by atoms with E-state index in [1.165, 1.54) is 22.3 Å². The summed E-state index contributed by atoms with van der Waals surface area (Å²) >= 11 is 0. The molecule has 1 nitrogen and oxygen atoms in total. The Morgan fingerprint density at radius 2 is 1.04 bits per heavy atom. The zero-order chi connectivity index (χ0) is 16.1. The van der Waals surface area contributed by atoms with E-state index < -0.39 is 6.83 Å². The molecule has 0 amide bonds. The van der Waals surface area contributed by atoms with Gasteiger partial charge in [0.05, 0.1) is 0 Å². The predicted molar refractivity (Wildman–Crippen MR) is 103 cm³/mol. The fraction of sp³-hybridized carbons (Fsp3) is 0.182. The van der Waals surface area contributed by atoms with Crippen LogP contribution in [0.3, 0.4) is 0 Å². The van der Waals surface area contributed by atoms with E-state index in [0.717, 1.165) is 6.61 Å². The monoisotopic (exact) mass is 332 g/mol. The molecule has 2 heteroatoms. The van der Waals surface area contributed by atoms with Crippen molar-refractivity contribution in [1.82, 2.24) is 0 Å². The van der Waals surface area contributed by atoms with Crippen molar-refractivity contribution in [3.05, 3.63) is 91.0 Å². The van der Waals surface area contributed by atoms with Crippen LogP contribution in [0.1, 0.15) is 6.42 Å². The molecule has 0 N–H and O–H groups in total. The first-order chi connectivity index (χ1) is 11.9. The predicted octanol–water partition coefficient (Wildman–Crippen LogP) is 3.85. The van der Waals surface area contributed by atoms with Gasteiger partial charge in [-0.15, -0.1) is 0 Å². The van der Waals surface area contributed by atoms with E-state index in [2.05, 4.69) is 91.0 Å². The molecule has 1 heterocycles. The van der Waals surface area contributed by atoms with Gasteiger partial charge in [-0.2, -0.15) is 0 Å². The second kappa shape index (κ2) is 5.02. The molecule has 1 saturated heterocycles. The van der Waals surface area contributed by atoms with Gasteiger partial charge in [-0.3, -0.25) is 0 Å². The minimum absolute atomic E-state index is 0.628. The molecule has 1 saturated carbocycles. The van der Waals surface area contributed by atoms with Crippen molar-refractivity contribution in [2.75, 3.05) is 6.61 Å². The quantitative estimate of drug-likeness (QED) is 0.662. The summed E-state index contributed by atoms with van der Waals surface area (Å²) < 4.78 is 6.98. The van der Waals surface area contributed by atoms with Crippen LogP contribution in [0.4, 0.5) is 0 Å². The van der Waals surface area contributed by atoms with Crippen LogP contribution in [0, 0.1) is 5.92 Å². The Bertz CT molecular complexity index is 761. The Kier molecular flexibility index (Phi) is 3.01. The first kappa shape index (κ1) is 14.4. The van der Waals surface area contributed by atoms with Crippen LogP contribution in [0.2, 0.25) is 0 Å². The van der Waals surface area contributed by atoms with Gasteiger partial charge in [-0.05, 0) is 0 Å². The third kappa shape index (κ3) is 1.62. The van der Waals surface area contributed by atoms with Gasteiger partial charge in [-0.1, -0.05) is 0 Å². The Hall–Kier alpha value is -1.95. The second-order valence-electron chi connectivity index (χ2n) is 6.97. The molecule has 0 aromatic heterocycles. The third-order valence-corrected chi connectivity index (χ3v) is 12.4. The van der Waals surface area contributed by atoms with Gasteiger partial charge < -0.3 is 0 Å². The summed E-state index contributed by atoms with van der Waals surface area (Å²) in [6.45, 7) is -1.96. The summed E-state index contributed by atoms with van der Waals surface area (Å²) in [5, 5.41) is 4.14. The van der Waals surface area contributed by atoms with Gasteiger partial charge in [0.1, 0.15) is 0 Å². The van der Waals surface area contributed by atoms with E-state index in [1.54, 1.807) is 0 Å². The molecule has 2 atom stereocenters. The average Bonchev–Trinajstić information content (AvgIpc) is 3.39. The maximum atomic E-state index is 6.98. The van der Waals surface area contributed by atoms with E-state index in [1.807, 2.05) is 0 Å². The van der Waals surface area contributed by atoms with Gasteiger partial charge in [0.2, 0.25) is 0 Å². The van der Waals surface area contributed by atoms with Crippen LogP contribution >= 0.6 is 6.83 Å². The number of hydrogen-bond donors (Lipinski definition) is 0. The number of benzene rings is 3. The fourth-order valence-electron chi connectivity index (χ4n) is 4.78. The van der Waals surface area contributed by atoms with Crippen LogP contribution in [0.25, 0.3) is 0 Å². The zero-order valence-electron chi connectivity index (χ0n) is 13.6. The van der Waals surface area contributed by atoms with Gasteiger partial charge in [0, 0.05) is 0 Å². The Labute approximate surface area is 143 Å². The molecule has 3 aromatic carbocycles. The van der Waals surface area contributed by atoms with Crippen molar-refractivity contribution in [2.45, 2.75) is 12.1 Å². The average molecular weight is 332 g/mol. The van der Waals surface area contributed by atoms with E-state index in [4.69, 9.17) is 4.52 Å². The minimum atomic E-state index is -2.85. The Morgan fingerprint density at radius 3 is 1.33 bits per heavy atom. The van der Waals surface area contributed by atoms with Crippen LogP contribution in [-0.4, -0.2) is 12.3 Å². The molecular weight excluding hydrogens is 311 g/mol. The van der Waals surface area contributed by atoms with Crippen LogP contribution < -0.4 is 15.9 Å². The molecule has 1 aliphatic heterocycles. The van der Waals surface area contributed by atoms with E-state index in [0.29, 0.717) is 11.6 Å². The van der Waals surface area contributed by atoms with Crippen molar-refractivity contribution in [1.29, 1.82) is 0 Å². The summed E-state index contributed by atoms with van der Waals surface area (Å²) in [4.78, 5) is 0. The van der Waals surface area contributed by atoms with Crippen LogP contribution in [0.15, 0.2) is 91.0 Å². The molecule has 3 aromatic rings. The summed E-state index contributed by atoms with van der Waals surface area (Å²) in [5.41, 5.74) is 0.628. The molecule has 2 aliphatic rings. The summed E-state index contributed by atoms with van der Waals surface area (Å²) in [5.74, 6) is 0.711. The van der Waals surface area contributed by atoms with Crippen molar-refractivity contribution in [3.8, 4) is 0 Å². The molecule has 0 unspecified atom stereocenters. The summed E-state index contributed by atoms with van der Waals surface area (Å²) in [6.07, 6.45) is 1.29. The molecule has 0 radical (unpaired) electrons. The van der Waals surface area contributed by atoms with Gasteiger partial charge in [-0.25, -0.2) is 0 Å². The van der Waals surface area contributed by atoms with Crippen LogP contribution in [0.5, 0.6) is 0 Å². The zero-order valence-corrected chi connectivity index (χ0v) is 14.5. The molecule has 0 bridgehead atoms. The first-order valence-electron chi connectivity index (χ1n) is 8.69. The first-order valence-corrected chi connectivity index (χ1v) is 10.9. The number of hydrogen-bond acceptors (Lipinski definition) is 1. The molecule has 0 spiro atoms. The van der Waals surface area contributed by atoms with Crippen LogP contribution in [-0.2, 0) is 4.52 Å². The Morgan fingerprint density at radius 1 is 0.625 bits per heavy atom. The molecule has 1 aliphatic carbocycles. The summed E-state index contributed by atoms with van der Waals surface area (Å²) in [6, 6.07) is 33.0. The molecular formula is C22H21OP. The van der Waals surface area contributed by atoms with Crippen molar-refractivity contribution in [2.24, 2.45) is 5.92 Å². The summed E-state index contributed by atoms with van der Waals surface area (Å²) in [7, 11) is 0. The number of rotatable bonds is 3. The standard InChI is InChI=1S/C22H21OP/c1-4-10-19(11-5-1)24(20-12-6-2-7-13-20,21-14-8-3-9-15-21)22-16-18(22)17-23-24/h1-15,18,22H,16-17H2/t18-,22-/m1/s1. The van der Waals surface area contributed by atoms with Gasteiger partial charge in [0.25, 0.3) is 0 Å². The second-order valence-corrected chi connectivity index (χ2v) is 11.6. The van der Waals surface area contributed by atoms with Crippen molar-refractivity contribution in [3.63, 3.8) is 0 Å². The Balaban J connectivity index is 1.94. The molecule has 2 fully saturated rings. The normalized spacial score (nSPS) is 27.6. The van der Waals surface area contributed by atoms with Gasteiger partial charge in [0.15, 0.2) is 0 Å². The van der Waals surface area contributed by atoms with E-state index in [9.17, 15) is 0 Å². The van der Waals surface area contributed by atoms with Crippen molar-refractivity contribution >= 4 is 22.7 Å². The molecule has 24 heavy (non-hydrogen) atoms. The molecule has 5 rings (SSSR count).